The maximum atomic E-state index is 12.1. The number of carbonyl (C=O) groups is 2. The molecule has 0 radical (unpaired) electrons. The molecule has 0 unspecified atom stereocenters. The second-order valence-electron chi connectivity index (χ2n) is 6.18. The standard InChI is InChI=1S/C20H17F3N4O3S/c21-20(22,23)13-24-16(28)11-30-17(29)12-31-19-26-25-18(14-7-3-1-4-8-14)27(19)15-9-5-2-6-10-15/h1-10H,11-13H2,(H,24,28). The minimum Gasteiger partial charge on any atom is -0.455 e. The Kier molecular flexibility index (Phi) is 7.29. The molecule has 31 heavy (non-hydrogen) atoms. The quantitative estimate of drug-likeness (QED) is 0.419. The van der Waals surface area contributed by atoms with Crippen LogP contribution in [0.5, 0.6) is 0 Å². The number of halogens is 3. The van der Waals surface area contributed by atoms with E-state index in [1.807, 2.05) is 60.7 Å². The van der Waals surface area contributed by atoms with Gasteiger partial charge in [-0.3, -0.25) is 14.2 Å². The first kappa shape index (κ1) is 22.3. The molecule has 0 fully saturated rings. The minimum absolute atomic E-state index is 0.202. The van der Waals surface area contributed by atoms with Crippen LogP contribution in [0.2, 0.25) is 0 Å². The van der Waals surface area contributed by atoms with Crippen molar-refractivity contribution in [2.45, 2.75) is 11.3 Å². The number of hydrogen-bond donors (Lipinski definition) is 1. The molecule has 0 bridgehead atoms. The fourth-order valence-electron chi connectivity index (χ4n) is 2.51. The fourth-order valence-corrected chi connectivity index (χ4v) is 3.26. The summed E-state index contributed by atoms with van der Waals surface area (Å²) in [6, 6.07) is 18.7. The molecule has 7 nitrogen and oxygen atoms in total. The molecule has 3 rings (SSSR count). The van der Waals surface area contributed by atoms with Gasteiger partial charge in [0.2, 0.25) is 0 Å². The van der Waals surface area contributed by atoms with Crippen molar-refractivity contribution in [1.29, 1.82) is 0 Å². The SMILES string of the molecule is O=C(COC(=O)CSc1nnc(-c2ccccc2)n1-c1ccccc1)NCC(F)(F)F. The summed E-state index contributed by atoms with van der Waals surface area (Å²) >= 11 is 1.04. The van der Waals surface area contributed by atoms with Crippen LogP contribution in [-0.4, -0.2) is 51.7 Å². The van der Waals surface area contributed by atoms with Gasteiger partial charge in [-0.2, -0.15) is 13.2 Å². The number of thioether (sulfide) groups is 1. The van der Waals surface area contributed by atoms with Gasteiger partial charge in [0.05, 0.1) is 5.75 Å². The molecule has 0 spiro atoms. The number of ether oxygens (including phenoxy) is 1. The third-order valence-electron chi connectivity index (χ3n) is 3.85. The first-order valence-electron chi connectivity index (χ1n) is 9.01. The summed E-state index contributed by atoms with van der Waals surface area (Å²) in [5.74, 6) is -1.42. The molecule has 1 amide bonds. The van der Waals surface area contributed by atoms with Crippen LogP contribution in [0.25, 0.3) is 17.1 Å². The Morgan fingerprint density at radius 1 is 1.00 bits per heavy atom. The summed E-state index contributed by atoms with van der Waals surface area (Å²) in [6.45, 7) is -2.28. The Morgan fingerprint density at radius 3 is 2.29 bits per heavy atom. The highest BCUT2D eigenvalue weighted by Gasteiger charge is 2.27. The first-order valence-corrected chi connectivity index (χ1v) is 10.0. The topological polar surface area (TPSA) is 86.1 Å². The third kappa shape index (κ3) is 6.57. The summed E-state index contributed by atoms with van der Waals surface area (Å²) in [4.78, 5) is 23.3. The van der Waals surface area contributed by atoms with E-state index < -0.39 is 31.2 Å². The molecule has 162 valence electrons. The summed E-state index contributed by atoms with van der Waals surface area (Å²) in [5, 5.41) is 10.4. The van der Waals surface area contributed by atoms with Gasteiger partial charge in [-0.1, -0.05) is 60.3 Å². The van der Waals surface area contributed by atoms with Crippen LogP contribution < -0.4 is 5.32 Å². The van der Waals surface area contributed by atoms with Gasteiger partial charge >= 0.3 is 12.1 Å². The van der Waals surface area contributed by atoms with Gasteiger partial charge in [-0.25, -0.2) is 0 Å². The average molecular weight is 450 g/mol. The van der Waals surface area contributed by atoms with Crippen molar-refractivity contribution in [3.8, 4) is 17.1 Å². The molecule has 1 aromatic heterocycles. The number of hydrogen-bond acceptors (Lipinski definition) is 6. The lowest BCUT2D eigenvalue weighted by Crippen LogP contribution is -2.36. The summed E-state index contributed by atoms with van der Waals surface area (Å²) < 4.78 is 42.8. The minimum atomic E-state index is -4.53. The predicted octanol–water partition coefficient (Wildman–Crippen LogP) is 3.25. The van der Waals surface area contributed by atoms with Gasteiger partial charge in [0.15, 0.2) is 17.6 Å². The highest BCUT2D eigenvalue weighted by molar-refractivity contribution is 7.99. The monoisotopic (exact) mass is 450 g/mol. The second kappa shape index (κ2) is 10.1. The van der Waals surface area contributed by atoms with E-state index in [0.29, 0.717) is 11.0 Å². The maximum absolute atomic E-state index is 12.1. The lowest BCUT2D eigenvalue weighted by Gasteiger charge is -2.10. The number of nitrogens with one attached hydrogen (secondary N) is 1. The Labute approximate surface area is 179 Å². The largest absolute Gasteiger partial charge is 0.455 e. The molecular formula is C20H17F3N4O3S. The van der Waals surface area contributed by atoms with Crippen molar-refractivity contribution in [3.05, 3.63) is 60.7 Å². The predicted molar refractivity (Wildman–Crippen MR) is 108 cm³/mol. The molecule has 1 N–H and O–H groups in total. The number of amides is 1. The molecule has 0 aliphatic carbocycles. The lowest BCUT2D eigenvalue weighted by atomic mass is 10.2. The number of para-hydroxylation sites is 1. The second-order valence-corrected chi connectivity index (χ2v) is 7.13. The average Bonchev–Trinajstić information content (AvgIpc) is 3.19. The van der Waals surface area contributed by atoms with E-state index in [9.17, 15) is 22.8 Å². The molecule has 2 aromatic carbocycles. The van der Waals surface area contributed by atoms with E-state index in [-0.39, 0.29) is 5.75 Å². The molecule has 3 aromatic rings. The smallest absolute Gasteiger partial charge is 0.405 e. The molecule has 0 aliphatic heterocycles. The first-order chi connectivity index (χ1) is 14.8. The van der Waals surface area contributed by atoms with Crippen LogP contribution in [0, 0.1) is 0 Å². The van der Waals surface area contributed by atoms with Gasteiger partial charge in [-0.05, 0) is 12.1 Å². The molecule has 0 atom stereocenters. The fraction of sp³-hybridized carbons (Fsp3) is 0.200. The zero-order chi connectivity index (χ0) is 22.3. The van der Waals surface area contributed by atoms with Crippen molar-refractivity contribution in [2.24, 2.45) is 0 Å². The van der Waals surface area contributed by atoms with E-state index in [0.717, 1.165) is 23.0 Å². The van der Waals surface area contributed by atoms with E-state index >= 15 is 0 Å². The summed E-state index contributed by atoms with van der Waals surface area (Å²) in [5.41, 5.74) is 1.61. The van der Waals surface area contributed by atoms with Crippen LogP contribution in [-0.2, 0) is 14.3 Å². The van der Waals surface area contributed by atoms with Crippen molar-refractivity contribution >= 4 is 23.6 Å². The zero-order valence-electron chi connectivity index (χ0n) is 16.0. The Balaban J connectivity index is 1.66. The highest BCUT2D eigenvalue weighted by atomic mass is 32.2. The van der Waals surface area contributed by atoms with Gasteiger partial charge in [-0.15, -0.1) is 10.2 Å². The number of aromatic nitrogens is 3. The van der Waals surface area contributed by atoms with Crippen LogP contribution >= 0.6 is 11.8 Å². The van der Waals surface area contributed by atoms with E-state index in [1.54, 1.807) is 9.88 Å². The van der Waals surface area contributed by atoms with Crippen LogP contribution in [0.1, 0.15) is 0 Å². The Bertz CT molecular complexity index is 1030. The molecule has 0 aliphatic rings. The normalized spacial score (nSPS) is 11.2. The lowest BCUT2D eigenvalue weighted by molar-refractivity contribution is -0.149. The highest BCUT2D eigenvalue weighted by Crippen LogP contribution is 2.27. The van der Waals surface area contributed by atoms with Crippen molar-refractivity contribution in [1.82, 2.24) is 20.1 Å². The number of nitrogens with zero attached hydrogens (tertiary/aromatic N) is 3. The molecule has 11 heteroatoms. The van der Waals surface area contributed by atoms with Gasteiger partial charge in [0.25, 0.3) is 5.91 Å². The molecule has 1 heterocycles. The van der Waals surface area contributed by atoms with Gasteiger partial charge in [0.1, 0.15) is 6.54 Å². The van der Waals surface area contributed by atoms with E-state index in [4.69, 9.17) is 4.74 Å². The number of rotatable bonds is 8. The Hall–Kier alpha value is -3.34. The third-order valence-corrected chi connectivity index (χ3v) is 4.75. The van der Waals surface area contributed by atoms with Gasteiger partial charge < -0.3 is 10.1 Å². The maximum Gasteiger partial charge on any atom is 0.405 e. The molecular weight excluding hydrogens is 433 g/mol. The molecule has 0 saturated carbocycles. The number of esters is 1. The van der Waals surface area contributed by atoms with Gasteiger partial charge in [0, 0.05) is 11.3 Å². The summed E-state index contributed by atoms with van der Waals surface area (Å²) in [7, 11) is 0. The van der Waals surface area contributed by atoms with E-state index in [2.05, 4.69) is 10.2 Å². The van der Waals surface area contributed by atoms with Crippen molar-refractivity contribution in [2.75, 3.05) is 18.9 Å². The summed E-state index contributed by atoms with van der Waals surface area (Å²) in [6.07, 6.45) is -4.53. The van der Waals surface area contributed by atoms with E-state index in [1.165, 1.54) is 0 Å². The van der Waals surface area contributed by atoms with Crippen LogP contribution in [0.4, 0.5) is 13.2 Å². The Morgan fingerprint density at radius 2 is 1.65 bits per heavy atom. The number of benzene rings is 2. The number of carbonyl (C=O) groups excluding carboxylic acids is 2. The van der Waals surface area contributed by atoms with Crippen molar-refractivity contribution in [3.63, 3.8) is 0 Å². The molecule has 0 saturated heterocycles. The number of alkyl halides is 3. The van der Waals surface area contributed by atoms with Crippen molar-refractivity contribution < 1.29 is 27.5 Å². The zero-order valence-corrected chi connectivity index (χ0v) is 16.8. The van der Waals surface area contributed by atoms with Crippen LogP contribution in [0.3, 0.4) is 0 Å². The van der Waals surface area contributed by atoms with Crippen LogP contribution in [0.15, 0.2) is 65.8 Å².